The Labute approximate surface area is 119 Å². The summed E-state index contributed by atoms with van der Waals surface area (Å²) in [6, 6.07) is -0.867. The van der Waals surface area contributed by atoms with Crippen molar-refractivity contribution in [3.63, 3.8) is 0 Å². The van der Waals surface area contributed by atoms with Gasteiger partial charge in [-0.2, -0.15) is 0 Å². The molecule has 20 heavy (non-hydrogen) atoms. The normalized spacial score (nSPS) is 21.6. The van der Waals surface area contributed by atoms with Crippen LogP contribution in [0.25, 0.3) is 0 Å². The van der Waals surface area contributed by atoms with Gasteiger partial charge in [0.25, 0.3) is 0 Å². The summed E-state index contributed by atoms with van der Waals surface area (Å²) in [6.45, 7) is 4.58. The summed E-state index contributed by atoms with van der Waals surface area (Å²) in [7, 11) is 3.59. The van der Waals surface area contributed by atoms with Crippen LogP contribution in [-0.4, -0.2) is 79.4 Å². The molecule has 0 aromatic rings. The molecule has 0 aliphatic carbocycles. The fourth-order valence-electron chi connectivity index (χ4n) is 2.16. The standard InChI is InChI=1S/C13H25N3O4/c1-10-9-16(7-6-15(10)2)13(19)14-11(12(17)18)5-4-8-20-3/h10-11H,4-9H2,1-3H3,(H,14,19)(H,17,18). The van der Waals surface area contributed by atoms with Crippen LogP contribution in [0.2, 0.25) is 0 Å². The molecule has 0 aromatic carbocycles. The first kappa shape index (κ1) is 16.7. The molecule has 116 valence electrons. The second-order valence-electron chi connectivity index (χ2n) is 5.25. The summed E-state index contributed by atoms with van der Waals surface area (Å²) >= 11 is 0. The van der Waals surface area contributed by atoms with Crippen LogP contribution in [0.4, 0.5) is 4.79 Å². The highest BCUT2D eigenvalue weighted by molar-refractivity contribution is 5.82. The highest BCUT2D eigenvalue weighted by Crippen LogP contribution is 2.08. The van der Waals surface area contributed by atoms with Crippen LogP contribution in [0.3, 0.4) is 0 Å². The van der Waals surface area contributed by atoms with Crippen molar-refractivity contribution in [2.75, 3.05) is 40.4 Å². The predicted molar refractivity (Wildman–Crippen MR) is 74.7 cm³/mol. The van der Waals surface area contributed by atoms with Gasteiger partial charge in [0, 0.05) is 39.4 Å². The number of carbonyl (C=O) groups excluding carboxylic acids is 1. The van der Waals surface area contributed by atoms with Crippen molar-refractivity contribution < 1.29 is 19.4 Å². The maximum Gasteiger partial charge on any atom is 0.326 e. The van der Waals surface area contributed by atoms with Crippen molar-refractivity contribution in [2.24, 2.45) is 0 Å². The Hall–Kier alpha value is -1.34. The van der Waals surface area contributed by atoms with E-state index in [4.69, 9.17) is 9.84 Å². The fourth-order valence-corrected chi connectivity index (χ4v) is 2.16. The number of carbonyl (C=O) groups is 2. The SMILES string of the molecule is COCCCC(NC(=O)N1CCN(C)C(C)C1)C(=O)O. The number of piperazine rings is 1. The maximum atomic E-state index is 12.1. The first-order valence-electron chi connectivity index (χ1n) is 6.93. The van der Waals surface area contributed by atoms with Crippen LogP contribution in [0, 0.1) is 0 Å². The maximum absolute atomic E-state index is 12.1. The number of nitrogens with one attached hydrogen (secondary N) is 1. The summed E-state index contributed by atoms with van der Waals surface area (Å²) < 4.78 is 4.90. The number of hydrogen-bond acceptors (Lipinski definition) is 4. The smallest absolute Gasteiger partial charge is 0.326 e. The van der Waals surface area contributed by atoms with Crippen molar-refractivity contribution >= 4 is 12.0 Å². The van der Waals surface area contributed by atoms with E-state index in [1.807, 2.05) is 14.0 Å². The lowest BCUT2D eigenvalue weighted by molar-refractivity contribution is -0.139. The number of rotatable bonds is 6. The van der Waals surface area contributed by atoms with E-state index in [1.165, 1.54) is 0 Å². The summed E-state index contributed by atoms with van der Waals surface area (Å²) in [6.07, 6.45) is 0.977. The van der Waals surface area contributed by atoms with E-state index >= 15 is 0 Å². The molecule has 2 N–H and O–H groups in total. The molecule has 1 fully saturated rings. The van der Waals surface area contributed by atoms with Gasteiger partial charge in [-0.1, -0.05) is 0 Å². The Morgan fingerprint density at radius 3 is 2.70 bits per heavy atom. The molecule has 0 aromatic heterocycles. The zero-order chi connectivity index (χ0) is 15.1. The van der Waals surface area contributed by atoms with Gasteiger partial charge in [0.05, 0.1) is 0 Å². The van der Waals surface area contributed by atoms with E-state index in [2.05, 4.69) is 10.2 Å². The minimum atomic E-state index is -1.00. The second-order valence-corrected chi connectivity index (χ2v) is 5.25. The third-order valence-corrected chi connectivity index (χ3v) is 3.68. The molecule has 1 rings (SSSR count). The van der Waals surface area contributed by atoms with Crippen LogP contribution < -0.4 is 5.32 Å². The van der Waals surface area contributed by atoms with Gasteiger partial charge in [-0.15, -0.1) is 0 Å². The molecule has 0 bridgehead atoms. The molecule has 1 heterocycles. The Kier molecular flexibility index (Phi) is 6.74. The molecule has 0 spiro atoms. The zero-order valence-corrected chi connectivity index (χ0v) is 12.5. The van der Waals surface area contributed by atoms with E-state index in [-0.39, 0.29) is 12.1 Å². The average molecular weight is 287 g/mol. The Morgan fingerprint density at radius 1 is 1.45 bits per heavy atom. The second kappa shape index (κ2) is 8.06. The monoisotopic (exact) mass is 287 g/mol. The van der Waals surface area contributed by atoms with Gasteiger partial charge < -0.3 is 25.0 Å². The van der Waals surface area contributed by atoms with Crippen molar-refractivity contribution in [2.45, 2.75) is 31.8 Å². The number of urea groups is 1. The van der Waals surface area contributed by atoms with Gasteiger partial charge in [0.15, 0.2) is 0 Å². The number of likely N-dealkylation sites (N-methyl/N-ethyl adjacent to an activating group) is 1. The topological polar surface area (TPSA) is 82.1 Å². The zero-order valence-electron chi connectivity index (χ0n) is 12.5. The van der Waals surface area contributed by atoms with Gasteiger partial charge >= 0.3 is 12.0 Å². The van der Waals surface area contributed by atoms with Crippen LogP contribution >= 0.6 is 0 Å². The van der Waals surface area contributed by atoms with Crippen molar-refractivity contribution in [3.05, 3.63) is 0 Å². The molecule has 7 heteroatoms. The average Bonchev–Trinajstić information content (AvgIpc) is 2.40. The minimum absolute atomic E-state index is 0.284. The molecule has 2 atom stereocenters. The van der Waals surface area contributed by atoms with Gasteiger partial charge in [-0.25, -0.2) is 9.59 Å². The number of methoxy groups -OCH3 is 1. The summed E-state index contributed by atoms with van der Waals surface area (Å²) in [5, 5.41) is 11.7. The molecular formula is C13H25N3O4. The first-order valence-corrected chi connectivity index (χ1v) is 6.93. The van der Waals surface area contributed by atoms with Gasteiger partial charge in [0.2, 0.25) is 0 Å². The third-order valence-electron chi connectivity index (χ3n) is 3.68. The lowest BCUT2D eigenvalue weighted by Gasteiger charge is -2.38. The van der Waals surface area contributed by atoms with E-state index in [1.54, 1.807) is 12.0 Å². The van der Waals surface area contributed by atoms with Crippen LogP contribution in [-0.2, 0) is 9.53 Å². The number of carboxylic acid groups (broad SMARTS) is 1. The molecule has 2 amide bonds. The van der Waals surface area contributed by atoms with Crippen LogP contribution in [0.5, 0.6) is 0 Å². The van der Waals surface area contributed by atoms with E-state index < -0.39 is 12.0 Å². The molecule has 1 saturated heterocycles. The number of amides is 2. The molecule has 1 aliphatic heterocycles. The number of carboxylic acids is 1. The first-order chi connectivity index (χ1) is 9.45. The Morgan fingerprint density at radius 2 is 2.15 bits per heavy atom. The summed E-state index contributed by atoms with van der Waals surface area (Å²) in [4.78, 5) is 27.1. The number of aliphatic carboxylic acids is 1. The molecule has 0 radical (unpaired) electrons. The van der Waals surface area contributed by atoms with Gasteiger partial charge in [0.1, 0.15) is 6.04 Å². The van der Waals surface area contributed by atoms with E-state index in [0.29, 0.717) is 32.5 Å². The van der Waals surface area contributed by atoms with Crippen molar-refractivity contribution in [1.82, 2.24) is 15.1 Å². The van der Waals surface area contributed by atoms with Crippen molar-refractivity contribution in [1.29, 1.82) is 0 Å². The Balaban J connectivity index is 2.47. The lowest BCUT2D eigenvalue weighted by atomic mass is 10.1. The molecule has 1 aliphatic rings. The summed E-state index contributed by atoms with van der Waals surface area (Å²) in [5.74, 6) is -1.00. The highest BCUT2D eigenvalue weighted by Gasteiger charge is 2.27. The highest BCUT2D eigenvalue weighted by atomic mass is 16.5. The number of hydrogen-bond donors (Lipinski definition) is 2. The Bertz CT molecular complexity index is 338. The molecule has 7 nitrogen and oxygen atoms in total. The minimum Gasteiger partial charge on any atom is -0.480 e. The molecule has 0 saturated carbocycles. The summed E-state index contributed by atoms with van der Waals surface area (Å²) in [5.41, 5.74) is 0. The number of ether oxygens (including phenoxy) is 1. The lowest BCUT2D eigenvalue weighted by Crippen LogP contribution is -2.56. The van der Waals surface area contributed by atoms with Crippen LogP contribution in [0.1, 0.15) is 19.8 Å². The quantitative estimate of drug-likeness (QED) is 0.683. The van der Waals surface area contributed by atoms with E-state index in [0.717, 1.165) is 6.54 Å². The van der Waals surface area contributed by atoms with Crippen molar-refractivity contribution in [3.8, 4) is 0 Å². The van der Waals surface area contributed by atoms with E-state index in [9.17, 15) is 9.59 Å². The molecule has 2 unspecified atom stereocenters. The van der Waals surface area contributed by atoms with Crippen LogP contribution in [0.15, 0.2) is 0 Å². The number of nitrogens with zero attached hydrogens (tertiary/aromatic N) is 2. The fraction of sp³-hybridized carbons (Fsp3) is 0.846. The third kappa shape index (κ3) is 4.97. The predicted octanol–water partition coefficient (Wildman–Crippen LogP) is 0.212. The van der Waals surface area contributed by atoms with Gasteiger partial charge in [-0.05, 0) is 26.8 Å². The van der Waals surface area contributed by atoms with Gasteiger partial charge in [-0.3, -0.25) is 0 Å². The molecular weight excluding hydrogens is 262 g/mol. The largest absolute Gasteiger partial charge is 0.480 e.